The first-order valence-electron chi connectivity index (χ1n) is 3.42. The van der Waals surface area contributed by atoms with Gasteiger partial charge < -0.3 is 5.32 Å². The molecule has 1 heteroatoms. The monoisotopic (exact) mass is 135 g/mol. The summed E-state index contributed by atoms with van der Waals surface area (Å²) in [6.45, 7) is 14.6. The van der Waals surface area contributed by atoms with Crippen molar-refractivity contribution in [3.8, 4) is 0 Å². The van der Waals surface area contributed by atoms with E-state index in [1.54, 1.807) is 0 Å². The zero-order valence-electron chi connectivity index (χ0n) is 6.41. The first-order valence-corrected chi connectivity index (χ1v) is 3.42. The summed E-state index contributed by atoms with van der Waals surface area (Å²) >= 11 is 0. The van der Waals surface area contributed by atoms with Crippen LogP contribution in [0, 0.1) is 5.92 Å². The Kier molecular flexibility index (Phi) is 1.66. The fourth-order valence-electron chi connectivity index (χ4n) is 0.995. The lowest BCUT2D eigenvalue weighted by Gasteiger charge is -2.26. The maximum Gasteiger partial charge on any atom is 0.0363 e. The second-order valence-electron chi connectivity index (χ2n) is 2.74. The van der Waals surface area contributed by atoms with Gasteiger partial charge in [-0.1, -0.05) is 32.2 Å². The van der Waals surface area contributed by atoms with Gasteiger partial charge in [0.25, 0.3) is 0 Å². The Morgan fingerprint density at radius 1 is 1.40 bits per heavy atom. The number of allylic oxidation sites excluding steroid dienone is 1. The summed E-state index contributed by atoms with van der Waals surface area (Å²) < 4.78 is 0. The van der Waals surface area contributed by atoms with E-state index in [-0.39, 0.29) is 0 Å². The van der Waals surface area contributed by atoms with E-state index in [0.717, 1.165) is 17.8 Å². The van der Waals surface area contributed by atoms with Crippen LogP contribution < -0.4 is 5.32 Å². The smallest absolute Gasteiger partial charge is 0.0363 e. The van der Waals surface area contributed by atoms with Crippen LogP contribution in [0.4, 0.5) is 0 Å². The van der Waals surface area contributed by atoms with Gasteiger partial charge in [-0.3, -0.25) is 0 Å². The third-order valence-electron chi connectivity index (χ3n) is 2.05. The molecule has 54 valence electrons. The normalized spacial score (nSPS) is 26.5. The van der Waals surface area contributed by atoms with E-state index in [1.807, 2.05) is 0 Å². The van der Waals surface area contributed by atoms with Crippen LogP contribution in [0.1, 0.15) is 6.92 Å². The SMILES string of the molecule is C=C1NCC(=C)C(C)C1=C. The number of nitrogens with one attached hydrogen (secondary N) is 1. The molecule has 0 bridgehead atoms. The highest BCUT2D eigenvalue weighted by molar-refractivity contribution is 5.36. The Labute approximate surface area is 62.1 Å². The minimum atomic E-state index is 0.397. The van der Waals surface area contributed by atoms with Gasteiger partial charge in [0, 0.05) is 18.2 Å². The molecule has 0 aromatic rings. The maximum absolute atomic E-state index is 3.92. The van der Waals surface area contributed by atoms with Crippen LogP contribution in [0.2, 0.25) is 0 Å². The molecule has 0 aliphatic carbocycles. The summed E-state index contributed by atoms with van der Waals surface area (Å²) in [5, 5.41) is 3.12. The quantitative estimate of drug-likeness (QED) is 0.500. The van der Waals surface area contributed by atoms with E-state index in [4.69, 9.17) is 0 Å². The van der Waals surface area contributed by atoms with Gasteiger partial charge in [-0.05, 0) is 5.57 Å². The summed E-state index contributed by atoms with van der Waals surface area (Å²) in [6, 6.07) is 0. The minimum Gasteiger partial charge on any atom is -0.382 e. The topological polar surface area (TPSA) is 12.0 Å². The Hall–Kier alpha value is -0.980. The molecule has 1 fully saturated rings. The molecule has 0 aromatic heterocycles. The van der Waals surface area contributed by atoms with Crippen molar-refractivity contribution in [2.75, 3.05) is 6.54 Å². The summed E-state index contributed by atoms with van der Waals surface area (Å²) in [6.07, 6.45) is 0. The van der Waals surface area contributed by atoms with E-state index >= 15 is 0 Å². The summed E-state index contributed by atoms with van der Waals surface area (Å²) in [5.41, 5.74) is 3.22. The number of piperidine rings is 1. The molecule has 0 radical (unpaired) electrons. The average Bonchev–Trinajstić information content (AvgIpc) is 1.93. The minimum absolute atomic E-state index is 0.397. The van der Waals surface area contributed by atoms with Crippen LogP contribution in [0.25, 0.3) is 0 Å². The summed E-state index contributed by atoms with van der Waals surface area (Å²) in [4.78, 5) is 0. The largest absolute Gasteiger partial charge is 0.382 e. The first-order chi connectivity index (χ1) is 4.63. The number of rotatable bonds is 0. The third kappa shape index (κ3) is 0.991. The Bertz CT molecular complexity index is 201. The zero-order chi connectivity index (χ0) is 7.72. The molecule has 1 N–H and O–H groups in total. The average molecular weight is 135 g/mol. The van der Waals surface area contributed by atoms with Crippen LogP contribution >= 0.6 is 0 Å². The number of hydrogen-bond donors (Lipinski definition) is 1. The molecule has 1 atom stereocenters. The van der Waals surface area contributed by atoms with Crippen LogP contribution in [-0.4, -0.2) is 6.54 Å². The predicted molar refractivity (Wildman–Crippen MR) is 44.6 cm³/mol. The van der Waals surface area contributed by atoms with Crippen molar-refractivity contribution in [1.82, 2.24) is 5.32 Å². The van der Waals surface area contributed by atoms with Gasteiger partial charge in [-0.15, -0.1) is 0 Å². The van der Waals surface area contributed by atoms with Gasteiger partial charge in [0.05, 0.1) is 0 Å². The van der Waals surface area contributed by atoms with Crippen molar-refractivity contribution in [2.45, 2.75) is 6.92 Å². The standard InChI is InChI=1S/C9H13N/c1-6-5-10-9(4)8(3)7(6)2/h7,10H,1,3-5H2,2H3. The van der Waals surface area contributed by atoms with E-state index in [1.165, 1.54) is 5.57 Å². The van der Waals surface area contributed by atoms with Crippen LogP contribution in [0.3, 0.4) is 0 Å². The van der Waals surface area contributed by atoms with Crippen molar-refractivity contribution in [1.29, 1.82) is 0 Å². The van der Waals surface area contributed by atoms with Gasteiger partial charge in [-0.2, -0.15) is 0 Å². The van der Waals surface area contributed by atoms with E-state index in [0.29, 0.717) is 5.92 Å². The van der Waals surface area contributed by atoms with Crippen molar-refractivity contribution in [2.24, 2.45) is 5.92 Å². The summed E-state index contributed by atoms with van der Waals surface area (Å²) in [5.74, 6) is 0.397. The maximum atomic E-state index is 3.92. The van der Waals surface area contributed by atoms with E-state index in [2.05, 4.69) is 32.0 Å². The first kappa shape index (κ1) is 7.13. The van der Waals surface area contributed by atoms with Crippen molar-refractivity contribution >= 4 is 0 Å². The molecule has 0 aromatic carbocycles. The van der Waals surface area contributed by atoms with Crippen LogP contribution in [0.5, 0.6) is 0 Å². The predicted octanol–water partition coefficient (Wildman–Crippen LogP) is 1.85. The van der Waals surface area contributed by atoms with Crippen molar-refractivity contribution in [3.05, 3.63) is 36.6 Å². The molecule has 1 unspecified atom stereocenters. The van der Waals surface area contributed by atoms with E-state index in [9.17, 15) is 0 Å². The molecule has 0 saturated carbocycles. The number of hydrogen-bond acceptors (Lipinski definition) is 1. The lowest BCUT2D eigenvalue weighted by molar-refractivity contribution is 0.677. The molecule has 1 rings (SSSR count). The second-order valence-corrected chi connectivity index (χ2v) is 2.74. The summed E-state index contributed by atoms with van der Waals surface area (Å²) in [7, 11) is 0. The van der Waals surface area contributed by atoms with Crippen molar-refractivity contribution in [3.63, 3.8) is 0 Å². The van der Waals surface area contributed by atoms with Gasteiger partial charge in [-0.25, -0.2) is 0 Å². The van der Waals surface area contributed by atoms with Gasteiger partial charge in [0.15, 0.2) is 0 Å². The van der Waals surface area contributed by atoms with Crippen molar-refractivity contribution < 1.29 is 0 Å². The molecule has 1 saturated heterocycles. The lowest BCUT2D eigenvalue weighted by atomic mass is 9.90. The van der Waals surface area contributed by atoms with Gasteiger partial charge in [0.2, 0.25) is 0 Å². The fourth-order valence-corrected chi connectivity index (χ4v) is 0.995. The highest BCUT2D eigenvalue weighted by Gasteiger charge is 2.17. The Balaban J connectivity index is 2.79. The van der Waals surface area contributed by atoms with Gasteiger partial charge >= 0.3 is 0 Å². The zero-order valence-corrected chi connectivity index (χ0v) is 6.41. The van der Waals surface area contributed by atoms with E-state index < -0.39 is 0 Å². The molecular formula is C9H13N. The second kappa shape index (κ2) is 2.33. The fraction of sp³-hybridized carbons (Fsp3) is 0.333. The van der Waals surface area contributed by atoms with Crippen LogP contribution in [-0.2, 0) is 0 Å². The molecule has 0 amide bonds. The molecule has 10 heavy (non-hydrogen) atoms. The third-order valence-corrected chi connectivity index (χ3v) is 2.05. The highest BCUT2D eigenvalue weighted by Crippen LogP contribution is 2.24. The molecule has 1 aliphatic heterocycles. The van der Waals surface area contributed by atoms with Crippen LogP contribution in [0.15, 0.2) is 36.6 Å². The lowest BCUT2D eigenvalue weighted by Crippen LogP contribution is -2.27. The van der Waals surface area contributed by atoms with Gasteiger partial charge in [0.1, 0.15) is 0 Å². The molecular weight excluding hydrogens is 122 g/mol. The molecule has 1 nitrogen and oxygen atoms in total. The Morgan fingerprint density at radius 3 is 2.50 bits per heavy atom. The Morgan fingerprint density at radius 2 is 2.00 bits per heavy atom. The molecule has 1 heterocycles. The molecule has 1 aliphatic rings. The molecule has 0 spiro atoms. The highest BCUT2D eigenvalue weighted by atomic mass is 14.9.